The molecule has 1 fully saturated rings. The average molecular weight is 193 g/mol. The number of hydrogen-bond donors (Lipinski definition) is 2. The number of H-pyrrole nitrogens is 1. The molecule has 1 aromatic rings. The van der Waals surface area contributed by atoms with Gasteiger partial charge in [-0.25, -0.2) is 0 Å². The first kappa shape index (κ1) is 9.46. The molecule has 0 amide bonds. The predicted octanol–water partition coefficient (Wildman–Crippen LogP) is 1.38. The number of pyridine rings is 1. The molecule has 1 aliphatic rings. The van der Waals surface area contributed by atoms with Crippen LogP contribution >= 0.6 is 0 Å². The van der Waals surface area contributed by atoms with Crippen molar-refractivity contribution in [2.45, 2.75) is 31.8 Å². The van der Waals surface area contributed by atoms with E-state index in [1.807, 2.05) is 0 Å². The second-order valence-electron chi connectivity index (χ2n) is 4.06. The standard InChI is InChI=1S/C11H15NO2/c1-2-3-9-7-11(9,14)8-4-5-12-10(13)6-8/h4-6,9,14H,2-3,7H2,1H3,(H,12,13). The third kappa shape index (κ3) is 1.48. The lowest BCUT2D eigenvalue weighted by Crippen LogP contribution is -2.13. The van der Waals surface area contributed by atoms with E-state index in [1.165, 1.54) is 6.07 Å². The van der Waals surface area contributed by atoms with Crippen molar-refractivity contribution in [3.63, 3.8) is 0 Å². The Hall–Kier alpha value is -1.09. The van der Waals surface area contributed by atoms with Crippen LogP contribution in [0.25, 0.3) is 0 Å². The highest BCUT2D eigenvalue weighted by atomic mass is 16.3. The van der Waals surface area contributed by atoms with Crippen LogP contribution in [0.5, 0.6) is 0 Å². The number of aliphatic hydroxyl groups is 1. The van der Waals surface area contributed by atoms with Crippen LogP contribution in [0.15, 0.2) is 23.1 Å². The van der Waals surface area contributed by atoms with Crippen molar-refractivity contribution in [1.82, 2.24) is 4.98 Å². The Morgan fingerprint density at radius 2 is 2.50 bits per heavy atom. The molecular formula is C11H15NO2. The van der Waals surface area contributed by atoms with Gasteiger partial charge in [-0.2, -0.15) is 0 Å². The van der Waals surface area contributed by atoms with E-state index < -0.39 is 5.60 Å². The average Bonchev–Trinajstić information content (AvgIpc) is 2.79. The molecule has 3 heteroatoms. The van der Waals surface area contributed by atoms with Gasteiger partial charge in [0.2, 0.25) is 5.56 Å². The fourth-order valence-corrected chi connectivity index (χ4v) is 2.07. The molecular weight excluding hydrogens is 178 g/mol. The quantitative estimate of drug-likeness (QED) is 0.762. The lowest BCUT2D eigenvalue weighted by atomic mass is 10.1. The van der Waals surface area contributed by atoms with Gasteiger partial charge in [0.25, 0.3) is 0 Å². The van der Waals surface area contributed by atoms with Gasteiger partial charge in [-0.15, -0.1) is 0 Å². The van der Waals surface area contributed by atoms with Crippen molar-refractivity contribution in [2.24, 2.45) is 5.92 Å². The molecule has 1 heterocycles. The molecule has 0 spiro atoms. The van der Waals surface area contributed by atoms with Gasteiger partial charge in [-0.3, -0.25) is 4.79 Å². The van der Waals surface area contributed by atoms with Gasteiger partial charge < -0.3 is 10.1 Å². The largest absolute Gasteiger partial charge is 0.385 e. The Balaban J connectivity index is 2.21. The summed E-state index contributed by atoms with van der Waals surface area (Å²) >= 11 is 0. The Morgan fingerprint density at radius 1 is 1.71 bits per heavy atom. The van der Waals surface area contributed by atoms with Crippen LogP contribution < -0.4 is 5.56 Å². The number of nitrogens with one attached hydrogen (secondary N) is 1. The molecule has 1 aromatic heterocycles. The molecule has 0 aliphatic heterocycles. The summed E-state index contributed by atoms with van der Waals surface area (Å²) < 4.78 is 0. The van der Waals surface area contributed by atoms with Gasteiger partial charge in [-0.05, 0) is 30.4 Å². The maximum atomic E-state index is 11.1. The zero-order chi connectivity index (χ0) is 10.2. The zero-order valence-corrected chi connectivity index (χ0v) is 8.29. The minimum absolute atomic E-state index is 0.141. The Morgan fingerprint density at radius 3 is 3.14 bits per heavy atom. The highest BCUT2D eigenvalue weighted by Gasteiger charge is 2.53. The molecule has 2 unspecified atom stereocenters. The first-order chi connectivity index (χ1) is 6.66. The highest BCUT2D eigenvalue weighted by molar-refractivity contribution is 5.27. The van der Waals surface area contributed by atoms with E-state index >= 15 is 0 Å². The van der Waals surface area contributed by atoms with Crippen molar-refractivity contribution in [1.29, 1.82) is 0 Å². The van der Waals surface area contributed by atoms with E-state index in [4.69, 9.17) is 0 Å². The summed E-state index contributed by atoms with van der Waals surface area (Å²) in [6.07, 6.45) is 4.50. The number of rotatable bonds is 3. The van der Waals surface area contributed by atoms with Crippen molar-refractivity contribution in [3.05, 3.63) is 34.2 Å². The fraction of sp³-hybridized carbons (Fsp3) is 0.545. The molecule has 0 bridgehead atoms. The molecule has 3 nitrogen and oxygen atoms in total. The smallest absolute Gasteiger partial charge is 0.248 e. The Labute approximate surface area is 82.8 Å². The van der Waals surface area contributed by atoms with Gasteiger partial charge in [-0.1, -0.05) is 13.3 Å². The van der Waals surface area contributed by atoms with E-state index in [2.05, 4.69) is 11.9 Å². The Kier molecular flexibility index (Phi) is 2.19. The lowest BCUT2D eigenvalue weighted by molar-refractivity contribution is 0.129. The summed E-state index contributed by atoms with van der Waals surface area (Å²) in [5, 5.41) is 10.2. The first-order valence-electron chi connectivity index (χ1n) is 5.08. The SMILES string of the molecule is CCCC1CC1(O)c1cc[nH]c(=O)c1. The summed E-state index contributed by atoms with van der Waals surface area (Å²) in [6, 6.07) is 3.28. The summed E-state index contributed by atoms with van der Waals surface area (Å²) in [4.78, 5) is 13.6. The molecule has 2 N–H and O–H groups in total. The van der Waals surface area contributed by atoms with E-state index in [0.717, 1.165) is 24.8 Å². The first-order valence-corrected chi connectivity index (χ1v) is 5.08. The number of aromatic amines is 1. The van der Waals surface area contributed by atoms with Crippen LogP contribution in [-0.4, -0.2) is 10.1 Å². The molecule has 1 saturated carbocycles. The minimum atomic E-state index is -0.718. The fourth-order valence-electron chi connectivity index (χ4n) is 2.07. The van der Waals surface area contributed by atoms with Crippen LogP contribution in [0.1, 0.15) is 31.7 Å². The molecule has 0 radical (unpaired) electrons. The molecule has 2 atom stereocenters. The van der Waals surface area contributed by atoms with Gasteiger partial charge in [0.15, 0.2) is 0 Å². The van der Waals surface area contributed by atoms with Gasteiger partial charge in [0.1, 0.15) is 0 Å². The normalized spacial score (nSPS) is 30.3. The van der Waals surface area contributed by atoms with Crippen LogP contribution in [-0.2, 0) is 5.60 Å². The topological polar surface area (TPSA) is 53.1 Å². The van der Waals surface area contributed by atoms with E-state index in [0.29, 0.717) is 5.92 Å². The van der Waals surface area contributed by atoms with Crippen molar-refractivity contribution < 1.29 is 5.11 Å². The zero-order valence-electron chi connectivity index (χ0n) is 8.29. The maximum Gasteiger partial charge on any atom is 0.248 e. The number of aromatic nitrogens is 1. The van der Waals surface area contributed by atoms with Crippen LogP contribution in [0.4, 0.5) is 0 Å². The highest BCUT2D eigenvalue weighted by Crippen LogP contribution is 2.53. The van der Waals surface area contributed by atoms with Crippen LogP contribution in [0.3, 0.4) is 0 Å². The summed E-state index contributed by atoms with van der Waals surface area (Å²) in [6.45, 7) is 2.11. The van der Waals surface area contributed by atoms with Crippen molar-refractivity contribution >= 4 is 0 Å². The van der Waals surface area contributed by atoms with Crippen LogP contribution in [0.2, 0.25) is 0 Å². The second kappa shape index (κ2) is 3.24. The summed E-state index contributed by atoms with van der Waals surface area (Å²) in [7, 11) is 0. The van der Waals surface area contributed by atoms with Crippen LogP contribution in [0, 0.1) is 5.92 Å². The van der Waals surface area contributed by atoms with Gasteiger partial charge >= 0.3 is 0 Å². The summed E-state index contributed by atoms with van der Waals surface area (Å²) in [5.41, 5.74) is -0.0950. The molecule has 0 saturated heterocycles. The minimum Gasteiger partial charge on any atom is -0.385 e. The molecule has 14 heavy (non-hydrogen) atoms. The molecule has 1 aliphatic carbocycles. The van der Waals surface area contributed by atoms with E-state index in [1.54, 1.807) is 12.3 Å². The maximum absolute atomic E-state index is 11.1. The monoisotopic (exact) mass is 193 g/mol. The van der Waals surface area contributed by atoms with E-state index in [-0.39, 0.29) is 5.56 Å². The third-order valence-corrected chi connectivity index (χ3v) is 2.98. The third-order valence-electron chi connectivity index (χ3n) is 2.98. The molecule has 2 rings (SSSR count). The number of hydrogen-bond acceptors (Lipinski definition) is 2. The van der Waals surface area contributed by atoms with Gasteiger partial charge in [0, 0.05) is 12.3 Å². The van der Waals surface area contributed by atoms with Crippen molar-refractivity contribution in [2.75, 3.05) is 0 Å². The van der Waals surface area contributed by atoms with E-state index in [9.17, 15) is 9.90 Å². The second-order valence-corrected chi connectivity index (χ2v) is 4.06. The summed E-state index contributed by atoms with van der Waals surface area (Å²) in [5.74, 6) is 0.342. The molecule has 0 aromatic carbocycles. The van der Waals surface area contributed by atoms with Gasteiger partial charge in [0.05, 0.1) is 5.60 Å². The Bertz CT molecular complexity index is 385. The lowest BCUT2D eigenvalue weighted by Gasteiger charge is -2.09. The van der Waals surface area contributed by atoms with Crippen molar-refractivity contribution in [3.8, 4) is 0 Å². The molecule has 76 valence electrons. The predicted molar refractivity (Wildman–Crippen MR) is 54.0 cm³/mol.